The van der Waals surface area contributed by atoms with Crippen LogP contribution in [0.2, 0.25) is 0 Å². The van der Waals surface area contributed by atoms with Gasteiger partial charge in [-0.1, -0.05) is 0 Å². The number of nitrogens with one attached hydrogen (secondary N) is 1. The maximum absolute atomic E-state index is 11.3. The van der Waals surface area contributed by atoms with Crippen LogP contribution in [0.3, 0.4) is 0 Å². The number of rotatable bonds is 3. The van der Waals surface area contributed by atoms with Crippen molar-refractivity contribution in [1.82, 2.24) is 5.32 Å². The van der Waals surface area contributed by atoms with Gasteiger partial charge in [-0.3, -0.25) is 4.79 Å². The second kappa shape index (κ2) is 4.62. The van der Waals surface area contributed by atoms with Gasteiger partial charge in [-0.05, 0) is 31.2 Å². The van der Waals surface area contributed by atoms with Crippen LogP contribution in [0.15, 0.2) is 24.3 Å². The first-order valence-corrected chi connectivity index (χ1v) is 4.26. The van der Waals surface area contributed by atoms with E-state index in [0.29, 0.717) is 11.3 Å². The Kier molecular flexibility index (Phi) is 3.48. The van der Waals surface area contributed by atoms with Crippen LogP contribution in [0.4, 0.5) is 0 Å². The Hall–Kier alpha value is -1.55. The number of hydrogen-bond donors (Lipinski definition) is 2. The fourth-order valence-electron chi connectivity index (χ4n) is 1.02. The number of ether oxygens (including phenoxy) is 1. The van der Waals surface area contributed by atoms with E-state index >= 15 is 0 Å². The van der Waals surface area contributed by atoms with Crippen LogP contribution < -0.4 is 10.1 Å². The minimum absolute atomic E-state index is 0.303. The highest BCUT2D eigenvalue weighted by Crippen LogP contribution is 2.10. The fourth-order valence-corrected chi connectivity index (χ4v) is 1.02. The van der Waals surface area contributed by atoms with Crippen molar-refractivity contribution in [3.8, 4) is 5.75 Å². The summed E-state index contributed by atoms with van der Waals surface area (Å²) in [5.41, 5.74) is 0.492. The van der Waals surface area contributed by atoms with Gasteiger partial charge in [0.05, 0.1) is 7.11 Å². The maximum atomic E-state index is 11.3. The zero-order chi connectivity index (χ0) is 10.6. The van der Waals surface area contributed by atoms with Crippen molar-refractivity contribution in [1.29, 1.82) is 0 Å². The van der Waals surface area contributed by atoms with Gasteiger partial charge < -0.3 is 15.2 Å². The summed E-state index contributed by atoms with van der Waals surface area (Å²) < 4.78 is 4.95. The SMILES string of the molecule is COc1ccc(C(=O)NC(C)O)cc1. The van der Waals surface area contributed by atoms with Gasteiger partial charge in [-0.15, -0.1) is 0 Å². The Labute approximate surface area is 82.5 Å². The van der Waals surface area contributed by atoms with Crippen molar-refractivity contribution in [2.45, 2.75) is 13.2 Å². The number of methoxy groups -OCH3 is 1. The minimum atomic E-state index is -0.843. The molecular formula is C10H13NO3. The van der Waals surface area contributed by atoms with Gasteiger partial charge >= 0.3 is 0 Å². The molecule has 0 fully saturated rings. The molecule has 1 atom stereocenters. The van der Waals surface area contributed by atoms with Crippen molar-refractivity contribution in [2.24, 2.45) is 0 Å². The van der Waals surface area contributed by atoms with E-state index in [0.717, 1.165) is 0 Å². The van der Waals surface area contributed by atoms with Crippen LogP contribution in [-0.2, 0) is 0 Å². The quantitative estimate of drug-likeness (QED) is 0.700. The summed E-state index contributed by atoms with van der Waals surface area (Å²) in [5.74, 6) is 0.390. The van der Waals surface area contributed by atoms with Crippen molar-refractivity contribution in [3.05, 3.63) is 29.8 Å². The number of benzene rings is 1. The maximum Gasteiger partial charge on any atom is 0.253 e. The minimum Gasteiger partial charge on any atom is -0.497 e. The number of hydrogen-bond acceptors (Lipinski definition) is 3. The number of aliphatic hydroxyl groups excluding tert-OH is 1. The second-order valence-electron chi connectivity index (χ2n) is 2.88. The molecule has 14 heavy (non-hydrogen) atoms. The Bertz CT molecular complexity index is 306. The van der Waals surface area contributed by atoms with E-state index in [1.807, 2.05) is 0 Å². The third-order valence-electron chi connectivity index (χ3n) is 1.69. The summed E-state index contributed by atoms with van der Waals surface area (Å²) >= 11 is 0. The van der Waals surface area contributed by atoms with E-state index in [1.54, 1.807) is 31.4 Å². The number of carbonyl (C=O) groups excluding carboxylic acids is 1. The van der Waals surface area contributed by atoms with Crippen LogP contribution in [-0.4, -0.2) is 24.4 Å². The molecule has 0 aromatic heterocycles. The normalized spacial score (nSPS) is 11.9. The van der Waals surface area contributed by atoms with E-state index in [-0.39, 0.29) is 5.91 Å². The average molecular weight is 195 g/mol. The Morgan fingerprint density at radius 1 is 1.43 bits per heavy atom. The Morgan fingerprint density at radius 3 is 2.43 bits per heavy atom. The van der Waals surface area contributed by atoms with Crippen molar-refractivity contribution in [2.75, 3.05) is 7.11 Å². The molecule has 0 aliphatic carbocycles. The van der Waals surface area contributed by atoms with Gasteiger partial charge in [0, 0.05) is 5.56 Å². The van der Waals surface area contributed by atoms with Gasteiger partial charge in [-0.2, -0.15) is 0 Å². The smallest absolute Gasteiger partial charge is 0.253 e. The van der Waals surface area contributed by atoms with Crippen LogP contribution >= 0.6 is 0 Å². The molecular weight excluding hydrogens is 182 g/mol. The molecule has 76 valence electrons. The van der Waals surface area contributed by atoms with E-state index < -0.39 is 6.23 Å². The molecule has 0 saturated heterocycles. The number of carbonyl (C=O) groups is 1. The van der Waals surface area contributed by atoms with E-state index in [9.17, 15) is 4.79 Å². The third kappa shape index (κ3) is 2.74. The van der Waals surface area contributed by atoms with Crippen LogP contribution in [0.1, 0.15) is 17.3 Å². The number of amides is 1. The van der Waals surface area contributed by atoms with Crippen LogP contribution in [0.25, 0.3) is 0 Å². The van der Waals surface area contributed by atoms with Crippen molar-refractivity contribution >= 4 is 5.91 Å². The Morgan fingerprint density at radius 2 is 2.00 bits per heavy atom. The predicted molar refractivity (Wildman–Crippen MR) is 52.1 cm³/mol. The van der Waals surface area contributed by atoms with E-state index in [1.165, 1.54) is 6.92 Å². The summed E-state index contributed by atoms with van der Waals surface area (Å²) in [4.78, 5) is 11.3. The molecule has 1 aromatic rings. The molecule has 1 unspecified atom stereocenters. The first-order valence-electron chi connectivity index (χ1n) is 4.26. The predicted octanol–water partition coefficient (Wildman–Crippen LogP) is 0.763. The van der Waals surface area contributed by atoms with Crippen molar-refractivity contribution in [3.63, 3.8) is 0 Å². The molecule has 0 heterocycles. The van der Waals surface area contributed by atoms with Gasteiger partial charge in [-0.25, -0.2) is 0 Å². The molecule has 4 heteroatoms. The topological polar surface area (TPSA) is 58.6 Å². The summed E-state index contributed by atoms with van der Waals surface area (Å²) in [6.45, 7) is 1.49. The Balaban J connectivity index is 2.71. The van der Waals surface area contributed by atoms with Gasteiger partial charge in [0.25, 0.3) is 5.91 Å². The fraction of sp³-hybridized carbons (Fsp3) is 0.300. The molecule has 0 aliphatic rings. The van der Waals surface area contributed by atoms with Crippen LogP contribution in [0.5, 0.6) is 5.75 Å². The molecule has 0 bridgehead atoms. The summed E-state index contributed by atoms with van der Waals surface area (Å²) in [7, 11) is 1.56. The van der Waals surface area contributed by atoms with E-state index in [4.69, 9.17) is 9.84 Å². The molecule has 0 aliphatic heterocycles. The average Bonchev–Trinajstić information content (AvgIpc) is 2.17. The molecule has 0 spiro atoms. The molecule has 1 rings (SSSR count). The van der Waals surface area contributed by atoms with Crippen molar-refractivity contribution < 1.29 is 14.6 Å². The standard InChI is InChI=1S/C10H13NO3/c1-7(12)11-10(13)8-3-5-9(14-2)6-4-8/h3-7,12H,1-2H3,(H,11,13). The van der Waals surface area contributed by atoms with Gasteiger partial charge in [0.2, 0.25) is 0 Å². The lowest BCUT2D eigenvalue weighted by molar-refractivity contribution is 0.0819. The number of aliphatic hydroxyl groups is 1. The molecule has 0 radical (unpaired) electrons. The summed E-state index contributed by atoms with van der Waals surface area (Å²) in [6, 6.07) is 6.65. The lowest BCUT2D eigenvalue weighted by Gasteiger charge is -2.07. The molecule has 2 N–H and O–H groups in total. The first-order chi connectivity index (χ1) is 6.63. The molecule has 0 saturated carbocycles. The second-order valence-corrected chi connectivity index (χ2v) is 2.88. The molecule has 1 aromatic carbocycles. The largest absolute Gasteiger partial charge is 0.497 e. The summed E-state index contributed by atoms with van der Waals surface area (Å²) in [5, 5.41) is 11.3. The first kappa shape index (κ1) is 10.5. The van der Waals surface area contributed by atoms with Gasteiger partial charge in [0.1, 0.15) is 12.0 Å². The lowest BCUT2D eigenvalue weighted by Crippen LogP contribution is -2.31. The third-order valence-corrected chi connectivity index (χ3v) is 1.69. The van der Waals surface area contributed by atoms with Gasteiger partial charge in [0.15, 0.2) is 0 Å². The zero-order valence-corrected chi connectivity index (χ0v) is 8.15. The highest BCUT2D eigenvalue weighted by molar-refractivity contribution is 5.94. The molecule has 1 amide bonds. The van der Waals surface area contributed by atoms with E-state index in [2.05, 4.69) is 5.32 Å². The monoisotopic (exact) mass is 195 g/mol. The van der Waals surface area contributed by atoms with Crippen LogP contribution in [0, 0.1) is 0 Å². The summed E-state index contributed by atoms with van der Waals surface area (Å²) in [6.07, 6.45) is -0.843. The zero-order valence-electron chi connectivity index (χ0n) is 8.15. The highest BCUT2D eigenvalue weighted by atomic mass is 16.5. The highest BCUT2D eigenvalue weighted by Gasteiger charge is 2.06. The molecule has 4 nitrogen and oxygen atoms in total. The lowest BCUT2D eigenvalue weighted by atomic mass is 10.2.